The molecule has 0 radical (unpaired) electrons. The maximum absolute atomic E-state index is 5.66. The summed E-state index contributed by atoms with van der Waals surface area (Å²) in [4.78, 5) is 4.29. The predicted octanol–water partition coefficient (Wildman–Crippen LogP) is 3.34. The quantitative estimate of drug-likeness (QED) is 0.714. The Morgan fingerprint density at radius 1 is 1.25 bits per heavy atom. The van der Waals surface area contributed by atoms with E-state index in [9.17, 15) is 0 Å². The lowest BCUT2D eigenvalue weighted by Gasteiger charge is -2.22. The first-order chi connectivity index (χ1) is 9.71. The van der Waals surface area contributed by atoms with Gasteiger partial charge in [0, 0.05) is 19.3 Å². The summed E-state index contributed by atoms with van der Waals surface area (Å²) in [5, 5.41) is 3.56. The van der Waals surface area contributed by atoms with Crippen LogP contribution < -0.4 is 10.1 Å². The normalized spacial score (nSPS) is 14.0. The lowest BCUT2D eigenvalue weighted by atomic mass is 10.0. The predicted molar refractivity (Wildman–Crippen MR) is 82.1 cm³/mol. The van der Waals surface area contributed by atoms with E-state index < -0.39 is 0 Å². The summed E-state index contributed by atoms with van der Waals surface area (Å²) in [5.74, 6) is 0.845. The van der Waals surface area contributed by atoms with E-state index in [1.165, 1.54) is 0 Å². The molecule has 0 saturated heterocycles. The molecule has 0 aliphatic heterocycles. The molecule has 0 aromatic carbocycles. The number of hydrogen-bond donors (Lipinski definition) is 1. The molecule has 4 heteroatoms. The summed E-state index contributed by atoms with van der Waals surface area (Å²) in [6, 6.07) is 2.33. The van der Waals surface area contributed by atoms with Gasteiger partial charge in [0.25, 0.3) is 0 Å². The Morgan fingerprint density at radius 3 is 2.70 bits per heavy atom. The Balaban J connectivity index is 2.77. The third-order valence-electron chi connectivity index (χ3n) is 3.22. The SMILES string of the molecule is CCCNC(CC(C)OC)c1cncc(OCCC)c1. The third-order valence-corrected chi connectivity index (χ3v) is 3.22. The minimum atomic E-state index is 0.213. The number of nitrogens with zero attached hydrogens (tertiary/aromatic N) is 1. The Hall–Kier alpha value is -1.13. The van der Waals surface area contributed by atoms with Crippen LogP contribution in [0.5, 0.6) is 5.75 Å². The molecule has 0 fully saturated rings. The molecule has 0 amide bonds. The van der Waals surface area contributed by atoms with Crippen molar-refractivity contribution in [3.05, 3.63) is 24.0 Å². The zero-order valence-electron chi connectivity index (χ0n) is 13.2. The fourth-order valence-electron chi connectivity index (χ4n) is 2.01. The first-order valence-electron chi connectivity index (χ1n) is 7.55. The number of rotatable bonds is 10. The van der Waals surface area contributed by atoms with E-state index in [1.807, 2.05) is 6.20 Å². The molecule has 114 valence electrons. The molecule has 20 heavy (non-hydrogen) atoms. The molecule has 2 atom stereocenters. The number of pyridine rings is 1. The average molecular weight is 280 g/mol. The van der Waals surface area contributed by atoms with Gasteiger partial charge >= 0.3 is 0 Å². The lowest BCUT2D eigenvalue weighted by molar-refractivity contribution is 0.100. The fraction of sp³-hybridized carbons (Fsp3) is 0.688. The van der Waals surface area contributed by atoms with Gasteiger partial charge < -0.3 is 14.8 Å². The van der Waals surface area contributed by atoms with Crippen molar-refractivity contribution in [1.82, 2.24) is 10.3 Å². The molecule has 0 aliphatic rings. The van der Waals surface area contributed by atoms with Gasteiger partial charge in [0.1, 0.15) is 5.75 Å². The highest BCUT2D eigenvalue weighted by atomic mass is 16.5. The number of nitrogens with one attached hydrogen (secondary N) is 1. The van der Waals surface area contributed by atoms with Gasteiger partial charge in [-0.2, -0.15) is 0 Å². The van der Waals surface area contributed by atoms with Gasteiger partial charge in [0.05, 0.1) is 18.9 Å². The molecule has 0 aliphatic carbocycles. The third kappa shape index (κ3) is 5.88. The Morgan fingerprint density at radius 2 is 2.05 bits per heavy atom. The molecule has 1 aromatic heterocycles. The summed E-state index contributed by atoms with van der Waals surface area (Å²) in [6.45, 7) is 8.07. The standard InChI is InChI=1S/C16H28N2O2/c1-5-7-18-16(9-13(3)19-4)14-10-15(12-17-11-14)20-8-6-2/h10-13,16,18H,5-9H2,1-4H3. The summed E-state index contributed by atoms with van der Waals surface area (Å²) in [5.41, 5.74) is 1.16. The summed E-state index contributed by atoms with van der Waals surface area (Å²) < 4.78 is 11.0. The molecular weight excluding hydrogens is 252 g/mol. The van der Waals surface area contributed by atoms with Crippen LogP contribution in [0.1, 0.15) is 51.6 Å². The minimum absolute atomic E-state index is 0.213. The lowest BCUT2D eigenvalue weighted by Crippen LogP contribution is -2.26. The first-order valence-corrected chi connectivity index (χ1v) is 7.55. The van der Waals surface area contributed by atoms with Gasteiger partial charge in [-0.15, -0.1) is 0 Å². The zero-order valence-corrected chi connectivity index (χ0v) is 13.2. The van der Waals surface area contributed by atoms with E-state index in [1.54, 1.807) is 13.3 Å². The van der Waals surface area contributed by atoms with E-state index >= 15 is 0 Å². The Kier molecular flexibility index (Phi) is 8.23. The molecule has 1 heterocycles. The second-order valence-corrected chi connectivity index (χ2v) is 5.09. The maximum atomic E-state index is 5.66. The molecule has 0 spiro atoms. The number of aromatic nitrogens is 1. The van der Waals surface area contributed by atoms with Gasteiger partial charge in [-0.3, -0.25) is 4.98 Å². The van der Waals surface area contributed by atoms with Crippen molar-refractivity contribution in [3.8, 4) is 5.75 Å². The van der Waals surface area contributed by atoms with Gasteiger partial charge in [0.2, 0.25) is 0 Å². The highest BCUT2D eigenvalue weighted by Gasteiger charge is 2.15. The molecule has 4 nitrogen and oxygen atoms in total. The molecular formula is C16H28N2O2. The molecule has 1 aromatic rings. The van der Waals surface area contributed by atoms with Crippen LogP contribution in [0.25, 0.3) is 0 Å². The van der Waals surface area contributed by atoms with Gasteiger partial charge in [-0.05, 0) is 44.4 Å². The van der Waals surface area contributed by atoms with Crippen LogP contribution in [0.15, 0.2) is 18.5 Å². The van der Waals surface area contributed by atoms with Crippen molar-refractivity contribution in [2.45, 2.75) is 52.2 Å². The second-order valence-electron chi connectivity index (χ2n) is 5.09. The van der Waals surface area contributed by atoms with Gasteiger partial charge in [0.15, 0.2) is 0 Å². The Labute approximate surface area is 122 Å². The van der Waals surface area contributed by atoms with Crippen molar-refractivity contribution in [2.75, 3.05) is 20.3 Å². The summed E-state index contributed by atoms with van der Waals surface area (Å²) in [7, 11) is 1.75. The van der Waals surface area contributed by atoms with Crippen molar-refractivity contribution in [1.29, 1.82) is 0 Å². The van der Waals surface area contributed by atoms with Gasteiger partial charge in [-0.1, -0.05) is 13.8 Å². The monoisotopic (exact) mass is 280 g/mol. The van der Waals surface area contributed by atoms with E-state index in [0.29, 0.717) is 0 Å². The molecule has 1 N–H and O–H groups in total. The Bertz CT molecular complexity index is 371. The van der Waals surface area contributed by atoms with Crippen LogP contribution in [0.4, 0.5) is 0 Å². The summed E-state index contributed by atoms with van der Waals surface area (Å²) in [6.07, 6.45) is 6.93. The smallest absolute Gasteiger partial charge is 0.137 e. The van der Waals surface area contributed by atoms with Crippen molar-refractivity contribution in [2.24, 2.45) is 0 Å². The van der Waals surface area contributed by atoms with E-state index in [2.05, 4.69) is 37.1 Å². The van der Waals surface area contributed by atoms with E-state index in [-0.39, 0.29) is 12.1 Å². The minimum Gasteiger partial charge on any atom is -0.492 e. The average Bonchev–Trinajstić information content (AvgIpc) is 2.49. The highest BCUT2D eigenvalue weighted by Crippen LogP contribution is 2.22. The molecule has 0 saturated carbocycles. The zero-order chi connectivity index (χ0) is 14.8. The topological polar surface area (TPSA) is 43.4 Å². The van der Waals surface area contributed by atoms with Crippen LogP contribution in [0, 0.1) is 0 Å². The maximum Gasteiger partial charge on any atom is 0.137 e. The fourth-order valence-corrected chi connectivity index (χ4v) is 2.01. The number of hydrogen-bond acceptors (Lipinski definition) is 4. The van der Waals surface area contributed by atoms with E-state index in [4.69, 9.17) is 9.47 Å². The molecule has 1 rings (SSSR count). The van der Waals surface area contributed by atoms with Gasteiger partial charge in [-0.25, -0.2) is 0 Å². The summed E-state index contributed by atoms with van der Waals surface area (Å²) >= 11 is 0. The van der Waals surface area contributed by atoms with Crippen molar-refractivity contribution >= 4 is 0 Å². The highest BCUT2D eigenvalue weighted by molar-refractivity contribution is 5.26. The van der Waals surface area contributed by atoms with Crippen LogP contribution in [-0.2, 0) is 4.74 Å². The molecule has 0 bridgehead atoms. The van der Waals surface area contributed by atoms with Crippen molar-refractivity contribution < 1.29 is 9.47 Å². The second kappa shape index (κ2) is 9.72. The van der Waals surface area contributed by atoms with Crippen LogP contribution >= 0.6 is 0 Å². The number of ether oxygens (including phenoxy) is 2. The van der Waals surface area contributed by atoms with E-state index in [0.717, 1.165) is 43.7 Å². The van der Waals surface area contributed by atoms with Crippen LogP contribution in [-0.4, -0.2) is 31.3 Å². The number of methoxy groups -OCH3 is 1. The largest absolute Gasteiger partial charge is 0.492 e. The van der Waals surface area contributed by atoms with Crippen molar-refractivity contribution in [3.63, 3.8) is 0 Å². The van der Waals surface area contributed by atoms with Crippen LogP contribution in [0.3, 0.4) is 0 Å². The first kappa shape index (κ1) is 16.9. The van der Waals surface area contributed by atoms with Crippen LogP contribution in [0.2, 0.25) is 0 Å². The molecule has 2 unspecified atom stereocenters.